The molecule has 0 unspecified atom stereocenters. The Kier molecular flexibility index (Phi) is 5.72. The van der Waals surface area contributed by atoms with Crippen LogP contribution in [0.5, 0.6) is 0 Å². The molecule has 1 saturated heterocycles. The summed E-state index contributed by atoms with van der Waals surface area (Å²) in [5, 5.41) is 7.43. The van der Waals surface area contributed by atoms with Gasteiger partial charge in [0.05, 0.1) is 0 Å². The first-order chi connectivity index (χ1) is 11.5. The summed E-state index contributed by atoms with van der Waals surface area (Å²) in [5.74, 6) is -1.38. The third-order valence-electron chi connectivity index (χ3n) is 3.23. The average molecular weight is 334 g/mol. The SMILES string of the molecule is C[C@H](NC(=O)Nc1ccccc1)C(=O)OCC(=O)N1CCNC1=O. The van der Waals surface area contributed by atoms with E-state index in [9.17, 15) is 19.2 Å². The number of amides is 5. The molecule has 2 rings (SSSR count). The largest absolute Gasteiger partial charge is 0.454 e. The maximum Gasteiger partial charge on any atom is 0.328 e. The highest BCUT2D eigenvalue weighted by atomic mass is 16.5. The van der Waals surface area contributed by atoms with Gasteiger partial charge in [-0.3, -0.25) is 9.69 Å². The van der Waals surface area contributed by atoms with E-state index in [2.05, 4.69) is 16.0 Å². The highest BCUT2D eigenvalue weighted by Gasteiger charge is 2.27. The molecule has 1 atom stereocenters. The van der Waals surface area contributed by atoms with Gasteiger partial charge in [0.1, 0.15) is 6.04 Å². The first-order valence-electron chi connectivity index (χ1n) is 7.35. The van der Waals surface area contributed by atoms with E-state index in [4.69, 9.17) is 4.74 Å². The molecule has 0 bridgehead atoms. The number of urea groups is 2. The highest BCUT2D eigenvalue weighted by molar-refractivity contribution is 5.97. The van der Waals surface area contributed by atoms with Gasteiger partial charge in [0.15, 0.2) is 6.61 Å². The molecular weight excluding hydrogens is 316 g/mol. The van der Waals surface area contributed by atoms with Gasteiger partial charge in [-0.05, 0) is 19.1 Å². The van der Waals surface area contributed by atoms with Crippen molar-refractivity contribution >= 4 is 29.6 Å². The number of carbonyl (C=O) groups is 4. The van der Waals surface area contributed by atoms with E-state index in [0.717, 1.165) is 4.90 Å². The molecule has 1 aromatic carbocycles. The Morgan fingerprint density at radius 1 is 1.29 bits per heavy atom. The molecule has 128 valence electrons. The van der Waals surface area contributed by atoms with Crippen LogP contribution < -0.4 is 16.0 Å². The second kappa shape index (κ2) is 7.95. The van der Waals surface area contributed by atoms with Crippen LogP contribution in [0.4, 0.5) is 15.3 Å². The van der Waals surface area contributed by atoms with E-state index in [1.807, 2.05) is 0 Å². The number of benzene rings is 1. The van der Waals surface area contributed by atoms with Gasteiger partial charge in [0.2, 0.25) is 0 Å². The van der Waals surface area contributed by atoms with Crippen molar-refractivity contribution in [3.63, 3.8) is 0 Å². The zero-order chi connectivity index (χ0) is 17.5. The Morgan fingerprint density at radius 2 is 2.00 bits per heavy atom. The van der Waals surface area contributed by atoms with Crippen LogP contribution in [0.15, 0.2) is 30.3 Å². The third-order valence-corrected chi connectivity index (χ3v) is 3.23. The zero-order valence-corrected chi connectivity index (χ0v) is 13.1. The summed E-state index contributed by atoms with van der Waals surface area (Å²) in [6, 6.07) is 6.68. The average Bonchev–Trinajstić information content (AvgIpc) is 2.99. The van der Waals surface area contributed by atoms with E-state index in [1.165, 1.54) is 6.92 Å². The number of hydrogen-bond acceptors (Lipinski definition) is 5. The molecule has 0 radical (unpaired) electrons. The summed E-state index contributed by atoms with van der Waals surface area (Å²) in [6.07, 6.45) is 0. The number of esters is 1. The summed E-state index contributed by atoms with van der Waals surface area (Å²) in [4.78, 5) is 47.6. The molecule has 9 nitrogen and oxygen atoms in total. The molecular formula is C15H18N4O5. The molecule has 0 aliphatic carbocycles. The Morgan fingerprint density at radius 3 is 2.62 bits per heavy atom. The second-order valence-corrected chi connectivity index (χ2v) is 5.07. The molecule has 0 aromatic heterocycles. The maximum absolute atomic E-state index is 11.8. The number of anilines is 1. The first kappa shape index (κ1) is 17.3. The highest BCUT2D eigenvalue weighted by Crippen LogP contribution is 2.04. The van der Waals surface area contributed by atoms with Crippen molar-refractivity contribution in [2.75, 3.05) is 25.0 Å². The van der Waals surface area contributed by atoms with Crippen molar-refractivity contribution in [3.8, 4) is 0 Å². The third kappa shape index (κ3) is 4.70. The van der Waals surface area contributed by atoms with Gasteiger partial charge < -0.3 is 20.7 Å². The number of rotatable bonds is 5. The second-order valence-electron chi connectivity index (χ2n) is 5.07. The summed E-state index contributed by atoms with van der Waals surface area (Å²) < 4.78 is 4.82. The number of para-hydroxylation sites is 1. The van der Waals surface area contributed by atoms with Crippen molar-refractivity contribution in [3.05, 3.63) is 30.3 Å². The zero-order valence-electron chi connectivity index (χ0n) is 13.1. The van der Waals surface area contributed by atoms with Crippen LogP contribution in [0.3, 0.4) is 0 Å². The van der Waals surface area contributed by atoms with Crippen LogP contribution >= 0.6 is 0 Å². The van der Waals surface area contributed by atoms with Crippen LogP contribution in [-0.4, -0.2) is 54.6 Å². The van der Waals surface area contributed by atoms with E-state index in [1.54, 1.807) is 30.3 Å². The van der Waals surface area contributed by atoms with Crippen molar-refractivity contribution in [2.45, 2.75) is 13.0 Å². The molecule has 1 aliphatic heterocycles. The van der Waals surface area contributed by atoms with E-state index in [-0.39, 0.29) is 6.54 Å². The van der Waals surface area contributed by atoms with Crippen LogP contribution in [0, 0.1) is 0 Å². The Bertz CT molecular complexity index is 634. The van der Waals surface area contributed by atoms with Crippen molar-refractivity contribution in [1.82, 2.24) is 15.5 Å². The lowest BCUT2D eigenvalue weighted by Gasteiger charge is -2.15. The molecule has 0 saturated carbocycles. The Hall–Kier alpha value is -3.10. The van der Waals surface area contributed by atoms with Crippen LogP contribution in [0.25, 0.3) is 0 Å². The van der Waals surface area contributed by atoms with Gasteiger partial charge in [-0.1, -0.05) is 18.2 Å². The number of imide groups is 1. The molecule has 0 spiro atoms. The van der Waals surface area contributed by atoms with Crippen molar-refractivity contribution in [2.24, 2.45) is 0 Å². The van der Waals surface area contributed by atoms with Gasteiger partial charge in [0, 0.05) is 18.8 Å². The van der Waals surface area contributed by atoms with E-state index in [0.29, 0.717) is 12.2 Å². The molecule has 1 fully saturated rings. The summed E-state index contributed by atoms with van der Waals surface area (Å²) in [7, 11) is 0. The molecule has 3 N–H and O–H groups in total. The van der Waals surface area contributed by atoms with Crippen molar-refractivity contribution < 1.29 is 23.9 Å². The fourth-order valence-corrected chi connectivity index (χ4v) is 1.99. The van der Waals surface area contributed by atoms with E-state index < -0.39 is 36.6 Å². The predicted octanol–water partition coefficient (Wildman–Crippen LogP) is 0.292. The van der Waals surface area contributed by atoms with Crippen LogP contribution in [0.1, 0.15) is 6.92 Å². The van der Waals surface area contributed by atoms with Gasteiger partial charge in [-0.25, -0.2) is 14.4 Å². The molecule has 1 aliphatic rings. The van der Waals surface area contributed by atoms with Crippen LogP contribution in [-0.2, 0) is 14.3 Å². The number of ether oxygens (including phenoxy) is 1. The summed E-state index contributed by atoms with van der Waals surface area (Å²) in [6.45, 7) is 1.48. The topological polar surface area (TPSA) is 117 Å². The predicted molar refractivity (Wildman–Crippen MR) is 84.1 cm³/mol. The van der Waals surface area contributed by atoms with E-state index >= 15 is 0 Å². The first-order valence-corrected chi connectivity index (χ1v) is 7.35. The summed E-state index contributed by atoms with van der Waals surface area (Å²) in [5.41, 5.74) is 0.575. The van der Waals surface area contributed by atoms with Gasteiger partial charge in [-0.2, -0.15) is 0 Å². The Balaban J connectivity index is 1.74. The molecule has 5 amide bonds. The lowest BCUT2D eigenvalue weighted by molar-refractivity contribution is -0.151. The van der Waals surface area contributed by atoms with Crippen LogP contribution in [0.2, 0.25) is 0 Å². The lowest BCUT2D eigenvalue weighted by Crippen LogP contribution is -2.43. The number of nitrogens with zero attached hydrogens (tertiary/aromatic N) is 1. The lowest BCUT2D eigenvalue weighted by atomic mass is 10.3. The standard InChI is InChI=1S/C15H18N4O5/c1-10(17-14(22)18-11-5-3-2-4-6-11)13(21)24-9-12(20)19-8-7-16-15(19)23/h2-6,10H,7-9H2,1H3,(H,16,23)(H2,17,18,22)/t10-/m0/s1. The van der Waals surface area contributed by atoms with Gasteiger partial charge >= 0.3 is 18.0 Å². The smallest absolute Gasteiger partial charge is 0.328 e. The minimum atomic E-state index is -0.950. The molecule has 9 heteroatoms. The molecule has 1 aromatic rings. The van der Waals surface area contributed by atoms with Gasteiger partial charge in [-0.15, -0.1) is 0 Å². The fourth-order valence-electron chi connectivity index (χ4n) is 1.99. The minimum absolute atomic E-state index is 0.239. The Labute approximate surface area is 138 Å². The minimum Gasteiger partial charge on any atom is -0.454 e. The molecule has 1 heterocycles. The quantitative estimate of drug-likeness (QED) is 0.669. The number of nitrogens with one attached hydrogen (secondary N) is 3. The monoisotopic (exact) mass is 334 g/mol. The summed E-state index contributed by atoms with van der Waals surface area (Å²) >= 11 is 0. The fraction of sp³-hybridized carbons (Fsp3) is 0.333. The maximum atomic E-state index is 11.8. The van der Waals surface area contributed by atoms with Crippen molar-refractivity contribution in [1.29, 1.82) is 0 Å². The molecule has 24 heavy (non-hydrogen) atoms. The normalized spacial score (nSPS) is 14.5. The number of hydrogen-bond donors (Lipinski definition) is 3. The van der Waals surface area contributed by atoms with Gasteiger partial charge in [0.25, 0.3) is 5.91 Å². The number of carbonyl (C=O) groups excluding carboxylic acids is 4.